The molecule has 2 rings (SSSR count). The largest absolute Gasteiger partial charge is 0.545 e. The van der Waals surface area contributed by atoms with Gasteiger partial charge in [0.25, 0.3) is 0 Å². The topological polar surface area (TPSA) is 18.5 Å². The lowest BCUT2D eigenvalue weighted by molar-refractivity contribution is 0.00121. The molecule has 0 aliphatic heterocycles. The maximum absolute atomic E-state index is 6.05. The molecular weight excluding hydrogens is 264 g/mol. The first-order valence-corrected chi connectivity index (χ1v) is 11.2. The van der Waals surface area contributed by atoms with Crippen molar-refractivity contribution in [2.24, 2.45) is 16.7 Å². The molecule has 2 saturated carbocycles. The van der Waals surface area contributed by atoms with E-state index in [2.05, 4.69) is 47.0 Å². The molecule has 0 spiro atoms. The summed E-state index contributed by atoms with van der Waals surface area (Å²) in [7, 11) is -1.56. The van der Waals surface area contributed by atoms with Crippen LogP contribution in [0.1, 0.15) is 40.0 Å². The molecule has 3 heteroatoms. The molecule has 0 radical (unpaired) electrons. The molecule has 2 aliphatic rings. The summed E-state index contributed by atoms with van der Waals surface area (Å²) < 4.78 is 11.9. The number of hydrogen-bond acceptors (Lipinski definition) is 2. The zero-order chi connectivity index (χ0) is 15.2. The second-order valence-electron chi connectivity index (χ2n) is 8.22. The number of ether oxygens (including phenoxy) is 1. The summed E-state index contributed by atoms with van der Waals surface area (Å²) >= 11 is 0. The number of hydrogen-bond donors (Lipinski definition) is 0. The molecule has 2 fully saturated rings. The Kier molecular flexibility index (Phi) is 3.87. The molecule has 0 N–H and O–H groups in total. The minimum Gasteiger partial charge on any atom is -0.545 e. The maximum atomic E-state index is 6.05. The van der Waals surface area contributed by atoms with Gasteiger partial charge in [0.1, 0.15) is 6.10 Å². The third-order valence-corrected chi connectivity index (χ3v) is 6.52. The average molecular weight is 295 g/mol. The Balaban J connectivity index is 1.92. The quantitative estimate of drug-likeness (QED) is 0.399. The molecule has 114 valence electrons. The van der Waals surface area contributed by atoms with Crippen LogP contribution in [0.3, 0.4) is 0 Å². The van der Waals surface area contributed by atoms with E-state index in [1.54, 1.807) is 6.26 Å². The molecule has 2 bridgehead atoms. The van der Waals surface area contributed by atoms with E-state index in [0.717, 1.165) is 11.7 Å². The van der Waals surface area contributed by atoms with E-state index >= 15 is 0 Å². The SMILES string of the molecule is C=C(/C=C/O[C@@H]1C[C@@H]2CC[C@@]1(C)C2(C)C)O[Si](C)(C)C. The number of fused-ring (bicyclic) bond motifs is 2. The van der Waals surface area contributed by atoms with Crippen molar-refractivity contribution in [3.8, 4) is 0 Å². The van der Waals surface area contributed by atoms with E-state index in [-0.39, 0.29) is 0 Å². The zero-order valence-corrected chi connectivity index (χ0v) is 15.0. The van der Waals surface area contributed by atoms with Gasteiger partial charge in [-0.2, -0.15) is 0 Å². The van der Waals surface area contributed by atoms with Gasteiger partial charge in [-0.3, -0.25) is 0 Å². The maximum Gasteiger partial charge on any atom is 0.242 e. The lowest BCUT2D eigenvalue weighted by Gasteiger charge is -2.38. The van der Waals surface area contributed by atoms with Gasteiger partial charge in [-0.1, -0.05) is 27.4 Å². The van der Waals surface area contributed by atoms with Crippen LogP contribution in [0.4, 0.5) is 0 Å². The molecule has 20 heavy (non-hydrogen) atoms. The van der Waals surface area contributed by atoms with Crippen molar-refractivity contribution in [3.05, 3.63) is 24.7 Å². The molecule has 3 atom stereocenters. The first-order chi connectivity index (χ1) is 9.06. The second kappa shape index (κ2) is 4.94. The fourth-order valence-electron chi connectivity index (χ4n) is 3.97. The van der Waals surface area contributed by atoms with Crippen molar-refractivity contribution < 1.29 is 9.16 Å². The van der Waals surface area contributed by atoms with Crippen molar-refractivity contribution in [2.75, 3.05) is 0 Å². The van der Waals surface area contributed by atoms with Crippen LogP contribution in [0.2, 0.25) is 19.6 Å². The van der Waals surface area contributed by atoms with Crippen LogP contribution in [-0.2, 0) is 9.16 Å². The van der Waals surface area contributed by atoms with Crippen LogP contribution in [0, 0.1) is 16.7 Å². The van der Waals surface area contributed by atoms with Crippen molar-refractivity contribution in [1.29, 1.82) is 0 Å². The lowest BCUT2D eigenvalue weighted by atomic mass is 9.70. The van der Waals surface area contributed by atoms with Gasteiger partial charge in [0.2, 0.25) is 8.32 Å². The summed E-state index contributed by atoms with van der Waals surface area (Å²) in [6.45, 7) is 17.6. The summed E-state index contributed by atoms with van der Waals surface area (Å²) in [5.74, 6) is 1.53. The summed E-state index contributed by atoms with van der Waals surface area (Å²) in [5, 5.41) is 0. The van der Waals surface area contributed by atoms with E-state index in [1.807, 2.05) is 6.08 Å². The van der Waals surface area contributed by atoms with E-state index < -0.39 is 8.32 Å². The normalized spacial score (nSPS) is 35.5. The van der Waals surface area contributed by atoms with Crippen molar-refractivity contribution in [1.82, 2.24) is 0 Å². The zero-order valence-electron chi connectivity index (χ0n) is 14.0. The van der Waals surface area contributed by atoms with Crippen molar-refractivity contribution in [2.45, 2.75) is 65.8 Å². The van der Waals surface area contributed by atoms with Gasteiger partial charge < -0.3 is 9.16 Å². The minimum absolute atomic E-state index is 0.309. The monoisotopic (exact) mass is 294 g/mol. The molecule has 0 heterocycles. The van der Waals surface area contributed by atoms with Crippen LogP contribution in [0.15, 0.2) is 24.7 Å². The summed E-state index contributed by atoms with van der Waals surface area (Å²) in [4.78, 5) is 0. The van der Waals surface area contributed by atoms with E-state index in [9.17, 15) is 0 Å². The fraction of sp³-hybridized carbons (Fsp3) is 0.765. The Bertz CT molecular complexity index is 419. The van der Waals surface area contributed by atoms with Crippen LogP contribution in [-0.4, -0.2) is 14.4 Å². The molecule has 0 aromatic rings. The van der Waals surface area contributed by atoms with E-state index in [0.29, 0.717) is 16.9 Å². The number of rotatable bonds is 5. The van der Waals surface area contributed by atoms with E-state index in [4.69, 9.17) is 9.16 Å². The highest BCUT2D eigenvalue weighted by Gasteiger charge is 2.62. The standard InChI is InChI=1S/C17H30O2Si/c1-13(19-20(5,6)7)9-11-18-15-12-14-8-10-17(15,4)16(14,2)3/h9,11,14-15H,1,8,10,12H2,2-7H3/b11-9+/t14-,15+,17+/m0/s1. The minimum atomic E-state index is -1.56. The first-order valence-electron chi connectivity index (χ1n) is 7.76. The molecule has 0 unspecified atom stereocenters. The van der Waals surface area contributed by atoms with Gasteiger partial charge in [-0.05, 0) is 50.2 Å². The van der Waals surface area contributed by atoms with Gasteiger partial charge >= 0.3 is 0 Å². The average Bonchev–Trinajstić information content (AvgIpc) is 2.59. The van der Waals surface area contributed by atoms with E-state index in [1.165, 1.54) is 19.3 Å². The Morgan fingerprint density at radius 2 is 1.90 bits per heavy atom. The Morgan fingerprint density at radius 3 is 2.35 bits per heavy atom. The highest BCUT2D eigenvalue weighted by Crippen LogP contribution is 2.66. The predicted octanol–water partition coefficient (Wildman–Crippen LogP) is 5.10. The van der Waals surface area contributed by atoms with Crippen molar-refractivity contribution in [3.63, 3.8) is 0 Å². The van der Waals surface area contributed by atoms with Crippen LogP contribution >= 0.6 is 0 Å². The Hall–Kier alpha value is -0.703. The van der Waals surface area contributed by atoms with Gasteiger partial charge in [0.15, 0.2) is 0 Å². The molecule has 0 amide bonds. The van der Waals surface area contributed by atoms with Crippen LogP contribution < -0.4 is 0 Å². The van der Waals surface area contributed by atoms with Gasteiger partial charge in [-0.15, -0.1) is 0 Å². The highest BCUT2D eigenvalue weighted by atomic mass is 28.4. The van der Waals surface area contributed by atoms with Gasteiger partial charge in [0, 0.05) is 11.5 Å². The molecule has 2 nitrogen and oxygen atoms in total. The van der Waals surface area contributed by atoms with Gasteiger partial charge in [-0.25, -0.2) is 0 Å². The van der Waals surface area contributed by atoms with Crippen LogP contribution in [0.25, 0.3) is 0 Å². The summed E-state index contributed by atoms with van der Waals surface area (Å²) in [5.41, 5.74) is 0.709. The molecule has 0 saturated heterocycles. The fourth-order valence-corrected chi connectivity index (χ4v) is 4.83. The molecule has 0 aromatic carbocycles. The molecule has 0 aromatic heterocycles. The lowest BCUT2D eigenvalue weighted by Crippen LogP contribution is -2.36. The van der Waals surface area contributed by atoms with Crippen LogP contribution in [0.5, 0.6) is 0 Å². The Morgan fingerprint density at radius 1 is 1.25 bits per heavy atom. The van der Waals surface area contributed by atoms with Gasteiger partial charge in [0.05, 0.1) is 12.0 Å². The second-order valence-corrected chi connectivity index (χ2v) is 12.6. The highest BCUT2D eigenvalue weighted by molar-refractivity contribution is 6.70. The predicted molar refractivity (Wildman–Crippen MR) is 86.8 cm³/mol. The molecular formula is C17H30O2Si. The summed E-state index contributed by atoms with van der Waals surface area (Å²) in [6.07, 6.45) is 7.85. The van der Waals surface area contributed by atoms with Crippen molar-refractivity contribution >= 4 is 8.32 Å². The number of allylic oxidation sites excluding steroid dienone is 1. The first kappa shape index (κ1) is 15.7. The third-order valence-electron chi connectivity index (χ3n) is 5.65. The third kappa shape index (κ3) is 2.69. The summed E-state index contributed by atoms with van der Waals surface area (Å²) in [6, 6.07) is 0. The Labute approximate surface area is 125 Å². The smallest absolute Gasteiger partial charge is 0.242 e. The molecule has 2 aliphatic carbocycles.